The van der Waals surface area contributed by atoms with E-state index in [1.54, 1.807) is 0 Å². The van der Waals surface area contributed by atoms with Gasteiger partial charge in [0.2, 0.25) is 0 Å². The zero-order valence-electron chi connectivity index (χ0n) is 23.1. The number of hydrogen-bond donors (Lipinski definition) is 0. The maximum atomic E-state index is 13.6. The van der Waals surface area contributed by atoms with Gasteiger partial charge in [0.15, 0.2) is 6.20 Å². The number of ether oxygens (including phenoxy) is 1. The summed E-state index contributed by atoms with van der Waals surface area (Å²) in [4.78, 5) is 15.4. The molecule has 0 saturated carbocycles. The quantitative estimate of drug-likeness (QED) is 0.147. The van der Waals surface area contributed by atoms with Crippen LogP contribution >= 0.6 is 0 Å². The Hall–Kier alpha value is -3.14. The number of rotatable bonds is 16. The van der Waals surface area contributed by atoms with Gasteiger partial charge in [0.05, 0.1) is 13.2 Å². The molecule has 1 heterocycles. The van der Waals surface area contributed by atoms with E-state index >= 15 is 0 Å². The third-order valence-electron chi connectivity index (χ3n) is 7.00. The average Bonchev–Trinajstić information content (AvgIpc) is 2.91. The molecule has 198 valence electrons. The van der Waals surface area contributed by atoms with E-state index in [0.717, 1.165) is 35.6 Å². The number of anilines is 1. The molecule has 0 unspecified atom stereocenters. The molecule has 3 aromatic rings. The molecule has 2 aromatic carbocycles. The molecule has 37 heavy (non-hydrogen) atoms. The number of para-hydroxylation sites is 1. The normalized spacial score (nSPS) is 10.9. The topological polar surface area (TPSA) is 33.4 Å². The van der Waals surface area contributed by atoms with Crippen LogP contribution in [0.1, 0.15) is 92.7 Å². The smallest absolute Gasteiger partial charge is 0.323 e. The molecule has 0 aliphatic carbocycles. The first-order valence-electron chi connectivity index (χ1n) is 14.1. The molecule has 0 N–H and O–H groups in total. The number of pyridine rings is 1. The van der Waals surface area contributed by atoms with Crippen LogP contribution in [0.5, 0.6) is 5.75 Å². The summed E-state index contributed by atoms with van der Waals surface area (Å²) in [6, 6.07) is 21.8. The number of nitrogens with zero attached hydrogens (tertiary/aromatic N) is 2. The fourth-order valence-electron chi connectivity index (χ4n) is 4.66. The maximum absolute atomic E-state index is 13.6. The van der Waals surface area contributed by atoms with E-state index in [1.807, 2.05) is 77.3 Å². The number of aryl methyl sites for hydroxylation is 2. The van der Waals surface area contributed by atoms with E-state index in [1.165, 1.54) is 57.8 Å². The first-order valence-corrected chi connectivity index (χ1v) is 14.1. The summed E-state index contributed by atoms with van der Waals surface area (Å²) in [5, 5.41) is 0. The van der Waals surface area contributed by atoms with Crippen LogP contribution in [0.25, 0.3) is 0 Å². The molecule has 0 spiro atoms. The summed E-state index contributed by atoms with van der Waals surface area (Å²) in [7, 11) is 1.91. The monoisotopic (exact) mass is 501 g/mol. The number of unbranched alkanes of at least 4 members (excludes halogenated alkanes) is 9. The average molecular weight is 502 g/mol. The van der Waals surface area contributed by atoms with Crippen LogP contribution in [0, 0.1) is 6.92 Å². The zero-order valence-corrected chi connectivity index (χ0v) is 23.1. The molecule has 1 aromatic heterocycles. The van der Waals surface area contributed by atoms with Gasteiger partial charge >= 0.3 is 5.91 Å². The molecule has 3 rings (SSSR count). The van der Waals surface area contributed by atoms with Crippen molar-refractivity contribution in [2.45, 2.75) is 84.6 Å². The molecule has 0 fully saturated rings. The summed E-state index contributed by atoms with van der Waals surface area (Å²) in [6.45, 7) is 5.63. The SMILES string of the molecule is CCCCCCCCCCCCOc1ccc(CN(C(=O)c2cccc[n+]2C)c2ccccc2)c(C)c1. The van der Waals surface area contributed by atoms with Gasteiger partial charge in [-0.2, -0.15) is 4.57 Å². The first-order chi connectivity index (χ1) is 18.1. The highest BCUT2D eigenvalue weighted by Gasteiger charge is 2.25. The van der Waals surface area contributed by atoms with Crippen LogP contribution in [-0.4, -0.2) is 12.5 Å². The largest absolute Gasteiger partial charge is 0.494 e. The standard InChI is InChI=1S/C33H45N2O2/c1-4-5-6-7-8-9-10-11-12-18-25-37-31-23-22-29(28(2)26-31)27-35(30-19-14-13-15-20-30)33(36)32-21-16-17-24-34(32)3/h13-17,19-24,26H,4-12,18,25,27H2,1-3H3/q+1. The predicted molar refractivity (Wildman–Crippen MR) is 153 cm³/mol. The molecule has 0 aliphatic heterocycles. The molecule has 0 bridgehead atoms. The highest BCUT2D eigenvalue weighted by Crippen LogP contribution is 2.24. The summed E-state index contributed by atoms with van der Waals surface area (Å²) in [5.41, 5.74) is 3.78. The molecular weight excluding hydrogens is 456 g/mol. The van der Waals surface area contributed by atoms with Crippen molar-refractivity contribution in [2.24, 2.45) is 7.05 Å². The van der Waals surface area contributed by atoms with Crippen LogP contribution in [0.15, 0.2) is 72.9 Å². The number of aromatic nitrogens is 1. The minimum atomic E-state index is -0.0185. The second-order valence-corrected chi connectivity index (χ2v) is 10.0. The second kappa shape index (κ2) is 15.9. The highest BCUT2D eigenvalue weighted by molar-refractivity contribution is 6.03. The number of hydrogen-bond acceptors (Lipinski definition) is 2. The van der Waals surface area contributed by atoms with Crippen molar-refractivity contribution in [3.8, 4) is 5.75 Å². The summed E-state index contributed by atoms with van der Waals surface area (Å²) >= 11 is 0. The molecule has 0 radical (unpaired) electrons. The lowest BCUT2D eigenvalue weighted by atomic mass is 10.1. The van der Waals surface area contributed by atoms with Gasteiger partial charge in [0.1, 0.15) is 12.8 Å². The summed E-state index contributed by atoms with van der Waals surface area (Å²) < 4.78 is 7.92. The zero-order chi connectivity index (χ0) is 26.3. The Kier molecular flexibility index (Phi) is 12.2. The Morgan fingerprint density at radius 2 is 1.46 bits per heavy atom. The predicted octanol–water partition coefficient (Wildman–Crippen LogP) is 7.97. The Bertz CT molecular complexity index is 1080. The van der Waals surface area contributed by atoms with E-state index in [9.17, 15) is 4.79 Å². The molecule has 0 atom stereocenters. The van der Waals surface area contributed by atoms with Crippen LogP contribution in [0.3, 0.4) is 0 Å². The molecule has 1 amide bonds. The third kappa shape index (κ3) is 9.35. The minimum absolute atomic E-state index is 0.0185. The van der Waals surface area contributed by atoms with E-state index in [0.29, 0.717) is 12.2 Å². The number of carbonyl (C=O) groups is 1. The third-order valence-corrected chi connectivity index (χ3v) is 7.00. The molecule has 0 aliphatic rings. The van der Waals surface area contributed by atoms with Crippen molar-refractivity contribution in [1.29, 1.82) is 0 Å². The molecule has 4 nitrogen and oxygen atoms in total. The Morgan fingerprint density at radius 1 is 0.811 bits per heavy atom. The van der Waals surface area contributed by atoms with Gasteiger partial charge in [-0.15, -0.1) is 0 Å². The number of amides is 1. The van der Waals surface area contributed by atoms with E-state index < -0.39 is 0 Å². The van der Waals surface area contributed by atoms with E-state index in [2.05, 4.69) is 26.0 Å². The van der Waals surface area contributed by atoms with Crippen molar-refractivity contribution in [1.82, 2.24) is 0 Å². The minimum Gasteiger partial charge on any atom is -0.494 e. The van der Waals surface area contributed by atoms with Crippen LogP contribution in [-0.2, 0) is 13.6 Å². The van der Waals surface area contributed by atoms with E-state index in [-0.39, 0.29) is 5.91 Å². The van der Waals surface area contributed by atoms with Crippen molar-refractivity contribution in [2.75, 3.05) is 11.5 Å². The van der Waals surface area contributed by atoms with Crippen molar-refractivity contribution >= 4 is 11.6 Å². The molecular formula is C33H45N2O2+. The van der Waals surface area contributed by atoms with Crippen molar-refractivity contribution in [3.63, 3.8) is 0 Å². The van der Waals surface area contributed by atoms with Crippen molar-refractivity contribution < 1.29 is 14.1 Å². The van der Waals surface area contributed by atoms with Gasteiger partial charge in [-0.1, -0.05) is 89.0 Å². The lowest BCUT2D eigenvalue weighted by Gasteiger charge is -2.23. The lowest BCUT2D eigenvalue weighted by Crippen LogP contribution is -2.42. The van der Waals surface area contributed by atoms with Crippen molar-refractivity contribution in [3.05, 3.63) is 89.7 Å². The van der Waals surface area contributed by atoms with Crippen LogP contribution in [0.2, 0.25) is 0 Å². The number of benzene rings is 2. The molecule has 4 heteroatoms. The first kappa shape index (κ1) is 28.4. The number of carbonyl (C=O) groups excluding carboxylic acids is 1. The van der Waals surface area contributed by atoms with Gasteiger partial charge in [-0.3, -0.25) is 9.69 Å². The second-order valence-electron chi connectivity index (χ2n) is 10.0. The Morgan fingerprint density at radius 3 is 2.11 bits per heavy atom. The molecule has 0 saturated heterocycles. The van der Waals surface area contributed by atoms with Crippen LogP contribution < -0.4 is 14.2 Å². The fraction of sp³-hybridized carbons (Fsp3) is 0.455. The van der Waals surface area contributed by atoms with Gasteiger partial charge < -0.3 is 4.74 Å². The lowest BCUT2D eigenvalue weighted by molar-refractivity contribution is -0.673. The Labute approximate surface area is 224 Å². The van der Waals surface area contributed by atoms with Gasteiger partial charge in [-0.05, 0) is 54.8 Å². The van der Waals surface area contributed by atoms with Gasteiger partial charge in [0, 0.05) is 17.8 Å². The fourth-order valence-corrected chi connectivity index (χ4v) is 4.66. The van der Waals surface area contributed by atoms with Crippen LogP contribution in [0.4, 0.5) is 5.69 Å². The highest BCUT2D eigenvalue weighted by atomic mass is 16.5. The van der Waals surface area contributed by atoms with E-state index in [4.69, 9.17) is 4.74 Å². The summed E-state index contributed by atoms with van der Waals surface area (Å²) in [5.74, 6) is 0.888. The van der Waals surface area contributed by atoms with Gasteiger partial charge in [0.25, 0.3) is 5.69 Å². The van der Waals surface area contributed by atoms with Gasteiger partial charge in [-0.25, -0.2) is 0 Å². The Balaban J connectivity index is 1.51. The maximum Gasteiger partial charge on any atom is 0.323 e. The summed E-state index contributed by atoms with van der Waals surface area (Å²) in [6.07, 6.45) is 15.1.